The quantitative estimate of drug-likeness (QED) is 0.0596. The second-order valence-corrected chi connectivity index (χ2v) is 17.4. The van der Waals surface area contributed by atoms with Crippen LogP contribution in [0.5, 0.6) is 5.75 Å². The Kier molecular flexibility index (Phi) is 11.6. The van der Waals surface area contributed by atoms with Gasteiger partial charge in [-0.2, -0.15) is 38.8 Å². The Balaban J connectivity index is 0.00000702. The maximum absolute atomic E-state index is 13.6. The van der Waals surface area contributed by atoms with E-state index >= 15 is 0 Å². The molecule has 3 aromatic carbocycles. The largest absolute Gasteiger partial charge is 0.505 e. The number of hydrogen-bond donors (Lipinski definition) is 7. The Hall–Kier alpha value is -3.86. The number of Topliss-reactive ketones (excluding diaryl/α,β-unsaturated/α-hetero) is 1. The van der Waals surface area contributed by atoms with E-state index in [0.717, 1.165) is 25.1 Å². The smallest absolute Gasteiger partial charge is 0.397 e. The number of carbonyl (C=O) groups excluding carboxylic acids is 2. The van der Waals surface area contributed by atoms with Gasteiger partial charge in [0.15, 0.2) is 15.5 Å². The van der Waals surface area contributed by atoms with Gasteiger partial charge in [-0.3, -0.25) is 33.2 Å². The molecule has 0 bridgehead atoms. The molecule has 51 heavy (non-hydrogen) atoms. The molecule has 1 aliphatic carbocycles. The van der Waals surface area contributed by atoms with Crippen LogP contribution in [0.15, 0.2) is 61.1 Å². The summed E-state index contributed by atoms with van der Waals surface area (Å²) in [5.41, 5.74) is -1.25. The number of phenolic OH excluding ortho intramolecular Hbond substituents is 1. The van der Waals surface area contributed by atoms with Crippen LogP contribution >= 0.6 is 0 Å². The fraction of sp³-hybridized carbons (Fsp3) is 0.125. The van der Waals surface area contributed by atoms with Crippen LogP contribution in [0.2, 0.25) is 0 Å². The molecule has 1 amide bonds. The van der Waals surface area contributed by atoms with Crippen molar-refractivity contribution in [3.63, 3.8) is 0 Å². The van der Waals surface area contributed by atoms with Gasteiger partial charge in [0.2, 0.25) is 11.7 Å². The van der Waals surface area contributed by atoms with Gasteiger partial charge in [-0.05, 0) is 47.4 Å². The standard InChI is InChI=1S/C24H21N3O18S5.Cu/c1-11(28)25-17-9-14(47(33,34)35)7-13-8-19(49(39,40)41)22(24(30)20(13)17)27-26-16-3-2-12-6-15(48(36,37)38)10-18(21(12)23(16)29)46(31,32)5-4-45-50(42,43)44;/h2-3,6-10,26,29H,4-5H2,1H3,(H,25,28)(H,33,34,35)(H,36,37,38)(H,39,40,41)(H,42,43,44);. The van der Waals surface area contributed by atoms with Crippen molar-refractivity contribution in [2.24, 2.45) is 5.10 Å². The topological polar surface area (TPSA) is 352 Å². The van der Waals surface area contributed by atoms with E-state index in [0.29, 0.717) is 24.3 Å². The first-order valence-corrected chi connectivity index (χ1v) is 20.2. The molecule has 0 saturated carbocycles. The van der Waals surface area contributed by atoms with Gasteiger partial charge >= 0.3 is 10.4 Å². The Morgan fingerprint density at radius 2 is 1.41 bits per heavy atom. The number of anilines is 2. The first kappa shape index (κ1) is 41.6. The molecule has 0 spiro atoms. The summed E-state index contributed by atoms with van der Waals surface area (Å²) in [5, 5.41) is 15.8. The van der Waals surface area contributed by atoms with Crippen LogP contribution in [-0.4, -0.2) is 95.2 Å². The summed E-state index contributed by atoms with van der Waals surface area (Å²) in [6, 6.07) is 4.36. The molecule has 0 atom stereocenters. The average Bonchev–Trinajstić information content (AvgIpc) is 2.94. The third kappa shape index (κ3) is 9.33. The number of rotatable bonds is 11. The molecule has 281 valence electrons. The van der Waals surface area contributed by atoms with Crippen molar-refractivity contribution in [1.82, 2.24) is 0 Å². The number of amides is 1. The predicted octanol–water partition coefficient (Wildman–Crippen LogP) is 0.481. The summed E-state index contributed by atoms with van der Waals surface area (Å²) >= 11 is 0. The van der Waals surface area contributed by atoms with Gasteiger partial charge in [-0.1, -0.05) is 6.07 Å². The summed E-state index contributed by atoms with van der Waals surface area (Å²) in [6.45, 7) is -0.223. The van der Waals surface area contributed by atoms with Crippen LogP contribution < -0.4 is 10.7 Å². The molecular formula is C24H21CuN3O18S5. The average molecular weight is 863 g/mol. The van der Waals surface area contributed by atoms with Crippen molar-refractivity contribution < 1.29 is 96.2 Å². The zero-order valence-corrected chi connectivity index (χ0v) is 29.8. The van der Waals surface area contributed by atoms with Crippen LogP contribution in [0, 0.1) is 0 Å². The van der Waals surface area contributed by atoms with Gasteiger partial charge in [-0.15, -0.1) is 0 Å². The number of hydrazone groups is 1. The normalized spacial score (nSPS) is 14.8. The van der Waals surface area contributed by atoms with Gasteiger partial charge < -0.3 is 10.4 Å². The molecule has 0 saturated heterocycles. The molecule has 7 N–H and O–H groups in total. The molecule has 0 fully saturated rings. The molecular weight excluding hydrogens is 842 g/mol. The predicted molar refractivity (Wildman–Crippen MR) is 170 cm³/mol. The van der Waals surface area contributed by atoms with Crippen LogP contribution in [0.3, 0.4) is 0 Å². The van der Waals surface area contributed by atoms with Crippen molar-refractivity contribution in [3.05, 3.63) is 52.4 Å². The number of nitrogens with zero attached hydrogens (tertiary/aromatic N) is 1. The molecule has 0 aromatic heterocycles. The van der Waals surface area contributed by atoms with E-state index in [9.17, 15) is 70.4 Å². The Morgan fingerprint density at radius 1 is 0.824 bits per heavy atom. The van der Waals surface area contributed by atoms with Crippen molar-refractivity contribution in [3.8, 4) is 5.75 Å². The number of nitrogens with one attached hydrogen (secondary N) is 2. The maximum Gasteiger partial charge on any atom is 0.397 e. The summed E-state index contributed by atoms with van der Waals surface area (Å²) in [5.74, 6) is -4.50. The fourth-order valence-corrected chi connectivity index (χ4v) is 8.10. The summed E-state index contributed by atoms with van der Waals surface area (Å²) in [6.07, 6.45) is 0.572. The minimum Gasteiger partial charge on any atom is -0.505 e. The Labute approximate surface area is 299 Å². The summed E-state index contributed by atoms with van der Waals surface area (Å²) < 4.78 is 162. The molecule has 4 rings (SSSR count). The van der Waals surface area contributed by atoms with Crippen molar-refractivity contribution in [2.75, 3.05) is 23.1 Å². The molecule has 1 radical (unpaired) electrons. The fourth-order valence-electron chi connectivity index (χ4n) is 4.53. The number of aromatic hydroxyl groups is 1. The van der Waals surface area contributed by atoms with Crippen molar-refractivity contribution in [2.45, 2.75) is 21.6 Å². The molecule has 0 aliphatic heterocycles. The molecule has 21 nitrogen and oxygen atoms in total. The van der Waals surface area contributed by atoms with Crippen LogP contribution in [0.4, 0.5) is 11.4 Å². The minimum absolute atomic E-state index is 0. The first-order chi connectivity index (χ1) is 22.7. The monoisotopic (exact) mass is 862 g/mol. The first-order valence-electron chi connectivity index (χ1n) is 12.8. The number of hydrogen-bond acceptors (Lipinski definition) is 16. The Morgan fingerprint density at radius 3 is 1.94 bits per heavy atom. The Bertz CT molecular complexity index is 2640. The van der Waals surface area contributed by atoms with Crippen molar-refractivity contribution >= 4 is 96.2 Å². The third-order valence-corrected chi connectivity index (χ3v) is 11.2. The number of carbonyl (C=O) groups is 2. The van der Waals surface area contributed by atoms with Crippen LogP contribution in [-0.2, 0) is 76.6 Å². The van der Waals surface area contributed by atoms with E-state index in [1.807, 2.05) is 0 Å². The van der Waals surface area contributed by atoms with E-state index in [-0.39, 0.29) is 22.5 Å². The molecule has 27 heteroatoms. The van der Waals surface area contributed by atoms with Crippen LogP contribution in [0.25, 0.3) is 16.8 Å². The van der Waals surface area contributed by atoms with E-state index in [1.165, 1.54) is 0 Å². The molecule has 0 unspecified atom stereocenters. The minimum atomic E-state index is -5.37. The second kappa shape index (κ2) is 14.3. The molecule has 0 heterocycles. The molecule has 1 aliphatic rings. The van der Waals surface area contributed by atoms with E-state index in [4.69, 9.17) is 4.55 Å². The number of ketones is 1. The number of sulfone groups is 1. The number of benzene rings is 3. The summed E-state index contributed by atoms with van der Waals surface area (Å²) in [4.78, 5) is 21.3. The maximum atomic E-state index is 13.6. The van der Waals surface area contributed by atoms with E-state index in [1.54, 1.807) is 0 Å². The van der Waals surface area contributed by atoms with E-state index in [2.05, 4.69) is 20.0 Å². The van der Waals surface area contributed by atoms with Gasteiger partial charge in [0.05, 0.1) is 44.0 Å². The second-order valence-electron chi connectivity index (χ2n) is 10.0. The van der Waals surface area contributed by atoms with Crippen LogP contribution in [0.1, 0.15) is 22.8 Å². The van der Waals surface area contributed by atoms with Gasteiger partial charge in [0, 0.05) is 29.4 Å². The SMILES string of the molecule is CC(=O)Nc1cc(S(=O)(=O)O)cc2c1C(=O)C(=NNc1ccc3cc(S(=O)(=O)O)cc(S(=O)(=O)CCOS(=O)(=O)O)c3c1O)C(S(=O)(=O)O)=C2.[Cu]. The van der Waals surface area contributed by atoms with Gasteiger partial charge in [0.1, 0.15) is 10.7 Å². The zero-order valence-electron chi connectivity index (χ0n) is 24.8. The number of phenols is 1. The van der Waals surface area contributed by atoms with E-state index < -0.39 is 134 Å². The van der Waals surface area contributed by atoms with Gasteiger partial charge in [-0.25, -0.2) is 12.6 Å². The number of allylic oxidation sites excluding steroid dienone is 1. The van der Waals surface area contributed by atoms with Crippen molar-refractivity contribution in [1.29, 1.82) is 0 Å². The third-order valence-electron chi connectivity index (χ3n) is 6.52. The number of fused-ring (bicyclic) bond motifs is 2. The molecule has 3 aromatic rings. The zero-order chi connectivity index (χ0) is 37.8. The van der Waals surface area contributed by atoms with Gasteiger partial charge in [0.25, 0.3) is 30.4 Å². The summed E-state index contributed by atoms with van der Waals surface area (Å²) in [7, 11) is -25.4.